The van der Waals surface area contributed by atoms with Gasteiger partial charge >= 0.3 is 12.0 Å². The van der Waals surface area contributed by atoms with E-state index in [1.165, 1.54) is 41.8 Å². The van der Waals surface area contributed by atoms with Crippen LogP contribution in [0, 0.1) is 11.3 Å². The summed E-state index contributed by atoms with van der Waals surface area (Å²) in [5.74, 6) is 0.758. The SMILES string of the molecule is CC#N.CC(C)N1CCN(C(=O)c2ccc(OC3CCOCC3)cc2)CC1.CC(C)N1CCNCC1.Cl.O=C(O)c1ccc(OC2CCOCC2)cc1.O=C(n1ccnc1)n1ccnc1. The second-order valence-corrected chi connectivity index (χ2v) is 16.0. The summed E-state index contributed by atoms with van der Waals surface area (Å²) in [6.45, 7) is 21.6. The molecule has 4 aromatic rings. The third-order valence-corrected chi connectivity index (χ3v) is 10.8. The van der Waals surface area contributed by atoms with E-state index in [1.807, 2.05) is 29.2 Å². The average molecular weight is 923 g/mol. The Morgan fingerprint density at radius 3 is 1.45 bits per heavy atom. The van der Waals surface area contributed by atoms with Crippen molar-refractivity contribution in [2.75, 3.05) is 78.8 Å². The van der Waals surface area contributed by atoms with Crippen molar-refractivity contribution in [1.82, 2.24) is 39.1 Å². The maximum absolute atomic E-state index is 12.6. The zero-order valence-electron chi connectivity index (χ0n) is 38.5. The number of piperazine rings is 2. The van der Waals surface area contributed by atoms with Crippen LogP contribution in [0.25, 0.3) is 0 Å². The Morgan fingerprint density at radius 1 is 0.692 bits per heavy atom. The van der Waals surface area contributed by atoms with Crippen LogP contribution in [0.3, 0.4) is 0 Å². The predicted molar refractivity (Wildman–Crippen MR) is 250 cm³/mol. The second kappa shape index (κ2) is 30.0. The van der Waals surface area contributed by atoms with Crippen molar-refractivity contribution >= 4 is 30.3 Å². The lowest BCUT2D eigenvalue weighted by molar-refractivity contribution is 0.0253. The fraction of sp³-hybridized carbons (Fsp3) is 0.532. The molecule has 2 N–H and O–H groups in total. The largest absolute Gasteiger partial charge is 0.490 e. The lowest BCUT2D eigenvalue weighted by atomic mass is 10.1. The van der Waals surface area contributed by atoms with E-state index < -0.39 is 5.97 Å². The van der Waals surface area contributed by atoms with Crippen LogP contribution in [-0.2, 0) is 9.47 Å². The van der Waals surface area contributed by atoms with Gasteiger partial charge in [0.25, 0.3) is 5.91 Å². The van der Waals surface area contributed by atoms with Gasteiger partial charge in [0, 0.05) is 127 Å². The minimum Gasteiger partial charge on any atom is -0.490 e. The first-order chi connectivity index (χ1) is 31.0. The molecule has 17 nitrogen and oxygen atoms in total. The second-order valence-electron chi connectivity index (χ2n) is 16.0. The van der Waals surface area contributed by atoms with Crippen LogP contribution in [0.5, 0.6) is 11.5 Å². The molecule has 2 aromatic heterocycles. The number of ether oxygens (including phenoxy) is 4. The number of aromatic nitrogens is 4. The van der Waals surface area contributed by atoms with Gasteiger partial charge in [0.05, 0.1) is 38.1 Å². The monoisotopic (exact) mass is 921 g/mol. The Balaban J connectivity index is 0.000000238. The summed E-state index contributed by atoms with van der Waals surface area (Å²) in [5.41, 5.74) is 1.02. The van der Waals surface area contributed by atoms with Crippen molar-refractivity contribution in [2.24, 2.45) is 0 Å². The minimum absolute atomic E-state index is 0. The third-order valence-electron chi connectivity index (χ3n) is 10.8. The molecule has 4 aliphatic rings. The molecule has 0 atom stereocenters. The van der Waals surface area contributed by atoms with Gasteiger partial charge in [-0.1, -0.05) is 0 Å². The van der Waals surface area contributed by atoms with Crippen molar-refractivity contribution in [3.05, 3.63) is 97.1 Å². The van der Waals surface area contributed by atoms with Gasteiger partial charge in [-0.05, 0) is 76.2 Å². The van der Waals surface area contributed by atoms with Gasteiger partial charge in [0.15, 0.2) is 0 Å². The molecule has 4 fully saturated rings. The van der Waals surface area contributed by atoms with Gasteiger partial charge in [0.1, 0.15) is 36.4 Å². The smallest absolute Gasteiger partial charge is 0.338 e. The highest BCUT2D eigenvalue weighted by Crippen LogP contribution is 2.21. The van der Waals surface area contributed by atoms with Crippen LogP contribution in [0.1, 0.15) is 81.0 Å². The maximum atomic E-state index is 12.6. The average Bonchev–Trinajstić information content (AvgIpc) is 4.08. The molecule has 356 valence electrons. The van der Waals surface area contributed by atoms with Crippen LogP contribution in [0.4, 0.5) is 4.79 Å². The number of hydrogen-bond donors (Lipinski definition) is 2. The lowest BCUT2D eigenvalue weighted by Crippen LogP contribution is -2.50. The van der Waals surface area contributed by atoms with Crippen LogP contribution in [0.2, 0.25) is 0 Å². The number of carbonyl (C=O) groups excluding carboxylic acids is 2. The molecule has 1 amide bonds. The van der Waals surface area contributed by atoms with Crippen molar-refractivity contribution < 1.29 is 38.4 Å². The molecule has 2 aromatic carbocycles. The molecule has 0 aliphatic carbocycles. The van der Waals surface area contributed by atoms with Gasteiger partial charge in [-0.15, -0.1) is 12.4 Å². The van der Waals surface area contributed by atoms with Gasteiger partial charge in [0.2, 0.25) is 0 Å². The molecular formula is C47H68ClN9O8. The number of carbonyl (C=O) groups is 3. The summed E-state index contributed by atoms with van der Waals surface area (Å²) >= 11 is 0. The Kier molecular flexibility index (Phi) is 24.9. The predicted octanol–water partition coefficient (Wildman–Crippen LogP) is 6.20. The van der Waals surface area contributed by atoms with E-state index in [2.05, 4.69) is 52.8 Å². The molecular weight excluding hydrogens is 854 g/mol. The summed E-state index contributed by atoms with van der Waals surface area (Å²) in [6, 6.07) is 16.9. The summed E-state index contributed by atoms with van der Waals surface area (Å²) < 4.78 is 25.0. The van der Waals surface area contributed by atoms with Gasteiger partial charge in [-0.2, -0.15) is 5.26 Å². The van der Waals surface area contributed by atoms with Crippen molar-refractivity contribution in [2.45, 2.75) is 84.6 Å². The molecule has 8 rings (SSSR count). The first kappa shape index (κ1) is 54.0. The Labute approximate surface area is 390 Å². The maximum Gasteiger partial charge on any atom is 0.338 e. The molecule has 65 heavy (non-hydrogen) atoms. The minimum atomic E-state index is -0.919. The molecule has 0 radical (unpaired) electrons. The van der Waals surface area contributed by atoms with E-state index in [9.17, 15) is 14.4 Å². The molecule has 4 aliphatic heterocycles. The van der Waals surface area contributed by atoms with Gasteiger partial charge in [-0.25, -0.2) is 19.6 Å². The normalized spacial score (nSPS) is 16.9. The number of nitrogens with one attached hydrogen (secondary N) is 1. The summed E-state index contributed by atoms with van der Waals surface area (Å²) in [4.78, 5) is 49.1. The zero-order chi connectivity index (χ0) is 46.1. The number of imidazole rings is 2. The summed E-state index contributed by atoms with van der Waals surface area (Å²) in [7, 11) is 0. The molecule has 0 bridgehead atoms. The Hall–Kier alpha value is -5.35. The highest BCUT2D eigenvalue weighted by molar-refractivity contribution is 5.94. The van der Waals surface area contributed by atoms with Gasteiger partial charge < -0.3 is 34.3 Å². The number of nitriles is 1. The number of hydrogen-bond acceptors (Lipinski definition) is 13. The highest BCUT2D eigenvalue weighted by atomic mass is 35.5. The number of carboxylic acids is 1. The number of amides is 1. The molecule has 0 saturated carbocycles. The Morgan fingerprint density at radius 2 is 1.09 bits per heavy atom. The summed E-state index contributed by atoms with van der Waals surface area (Å²) in [5, 5.41) is 19.4. The van der Waals surface area contributed by atoms with Gasteiger partial charge in [-0.3, -0.25) is 23.7 Å². The molecule has 6 heterocycles. The summed E-state index contributed by atoms with van der Waals surface area (Å²) in [6.07, 6.45) is 13.2. The third kappa shape index (κ3) is 19.3. The van der Waals surface area contributed by atoms with Crippen LogP contribution < -0.4 is 14.8 Å². The first-order valence-electron chi connectivity index (χ1n) is 22.2. The van der Waals surface area contributed by atoms with E-state index in [-0.39, 0.29) is 42.1 Å². The number of nitrogens with zero attached hydrogens (tertiary/aromatic N) is 8. The zero-order valence-corrected chi connectivity index (χ0v) is 39.3. The highest BCUT2D eigenvalue weighted by Gasteiger charge is 2.24. The van der Waals surface area contributed by atoms with Crippen molar-refractivity contribution in [3.63, 3.8) is 0 Å². The van der Waals surface area contributed by atoms with Crippen molar-refractivity contribution in [1.29, 1.82) is 5.26 Å². The molecule has 4 saturated heterocycles. The fourth-order valence-electron chi connectivity index (χ4n) is 7.03. The fourth-order valence-corrected chi connectivity index (χ4v) is 7.03. The molecule has 0 unspecified atom stereocenters. The number of aromatic carboxylic acids is 1. The number of carboxylic acid groups (broad SMARTS) is 1. The topological polar surface area (TPSA) is 190 Å². The number of benzene rings is 2. The van der Waals surface area contributed by atoms with E-state index >= 15 is 0 Å². The van der Waals surface area contributed by atoms with Crippen LogP contribution in [0.15, 0.2) is 86.0 Å². The lowest BCUT2D eigenvalue weighted by Gasteiger charge is -2.37. The van der Waals surface area contributed by atoms with Crippen LogP contribution in [-0.4, -0.2) is 160 Å². The quantitative estimate of drug-likeness (QED) is 0.203. The van der Waals surface area contributed by atoms with Crippen molar-refractivity contribution in [3.8, 4) is 17.6 Å². The number of halogens is 1. The van der Waals surface area contributed by atoms with E-state index in [0.717, 1.165) is 114 Å². The number of rotatable bonds is 8. The van der Waals surface area contributed by atoms with E-state index in [1.54, 1.807) is 55.1 Å². The standard InChI is InChI=1S/C19H28N2O3.C12H14O4.C7H6N4O.C7H16N2.C2H3N.ClH/c1-15(2)20-9-11-21(12-10-20)19(22)16-3-5-17(6-4-16)24-18-7-13-23-14-8-18;13-12(14)9-1-3-10(4-2-9)16-11-5-7-15-8-6-11;12-7(10-3-1-8-5-10)11-4-2-9-6-11;1-7(2)9-5-3-8-4-6-9;1-2-3;/h3-6,15,18H,7-14H2,1-2H3;1-4,11H,5-8H2,(H,13,14);1-6H;7-8H,3-6H2,1-2H3;1H3;1H. The van der Waals surface area contributed by atoms with E-state index in [0.29, 0.717) is 6.04 Å². The Bertz CT molecular complexity index is 1900. The molecule has 0 spiro atoms. The first-order valence-corrected chi connectivity index (χ1v) is 22.2. The van der Waals surface area contributed by atoms with Crippen LogP contribution >= 0.6 is 12.4 Å². The molecule has 18 heteroatoms. The van der Waals surface area contributed by atoms with E-state index in [4.69, 9.17) is 29.3 Å².